The SMILES string of the molecule is CC.C[C@H]1Cc2cc(CCN3CCn4cc(-c5ccc6c(c5)COC6=O)nc4C3)ccc2C(=O)O1. The molecule has 7 heteroatoms. The minimum Gasteiger partial charge on any atom is -0.459 e. The monoisotopic (exact) mass is 473 g/mol. The third kappa shape index (κ3) is 4.60. The molecular weight excluding hydrogens is 442 g/mol. The van der Waals surface area contributed by atoms with Gasteiger partial charge in [-0.3, -0.25) is 4.90 Å². The molecule has 1 aromatic heterocycles. The molecular formula is C28H31N3O4. The second kappa shape index (κ2) is 9.66. The van der Waals surface area contributed by atoms with Gasteiger partial charge < -0.3 is 14.0 Å². The van der Waals surface area contributed by atoms with E-state index in [9.17, 15) is 9.59 Å². The van der Waals surface area contributed by atoms with E-state index in [0.717, 1.165) is 67.2 Å². The van der Waals surface area contributed by atoms with Gasteiger partial charge in [-0.2, -0.15) is 0 Å². The Balaban J connectivity index is 0.00000124. The Morgan fingerprint density at radius 1 is 1.00 bits per heavy atom. The summed E-state index contributed by atoms with van der Waals surface area (Å²) in [5.74, 6) is 0.604. The van der Waals surface area contributed by atoms with Crippen molar-refractivity contribution in [3.8, 4) is 11.3 Å². The van der Waals surface area contributed by atoms with E-state index in [0.29, 0.717) is 17.7 Å². The van der Waals surface area contributed by atoms with Crippen LogP contribution in [0.3, 0.4) is 0 Å². The number of hydrogen-bond acceptors (Lipinski definition) is 6. The summed E-state index contributed by atoms with van der Waals surface area (Å²) in [7, 11) is 0. The first-order valence-corrected chi connectivity index (χ1v) is 12.4. The van der Waals surface area contributed by atoms with E-state index in [1.165, 1.54) is 5.56 Å². The van der Waals surface area contributed by atoms with E-state index in [1.807, 2.05) is 51.1 Å². The molecule has 35 heavy (non-hydrogen) atoms. The van der Waals surface area contributed by atoms with Crippen LogP contribution in [0.25, 0.3) is 11.3 Å². The second-order valence-corrected chi connectivity index (χ2v) is 9.12. The number of benzene rings is 2. The van der Waals surface area contributed by atoms with Gasteiger partial charge in [-0.25, -0.2) is 14.6 Å². The second-order valence-electron chi connectivity index (χ2n) is 9.12. The number of ether oxygens (including phenoxy) is 2. The van der Waals surface area contributed by atoms with Crippen LogP contribution < -0.4 is 0 Å². The molecule has 0 fully saturated rings. The number of esters is 2. The molecule has 0 spiro atoms. The van der Waals surface area contributed by atoms with Crippen molar-refractivity contribution in [3.05, 3.63) is 76.2 Å². The van der Waals surface area contributed by atoms with Crippen LogP contribution in [0.15, 0.2) is 42.6 Å². The molecule has 4 heterocycles. The maximum Gasteiger partial charge on any atom is 0.338 e. The molecule has 182 valence electrons. The largest absolute Gasteiger partial charge is 0.459 e. The van der Waals surface area contributed by atoms with Crippen molar-refractivity contribution in [2.45, 2.75) is 59.4 Å². The Kier molecular flexibility index (Phi) is 6.43. The Labute approximate surface area is 205 Å². The highest BCUT2D eigenvalue weighted by atomic mass is 16.5. The van der Waals surface area contributed by atoms with Crippen LogP contribution in [0.4, 0.5) is 0 Å². The van der Waals surface area contributed by atoms with Crippen molar-refractivity contribution in [2.24, 2.45) is 0 Å². The Hall–Kier alpha value is -3.45. The van der Waals surface area contributed by atoms with Crippen molar-refractivity contribution in [2.75, 3.05) is 13.1 Å². The molecule has 0 unspecified atom stereocenters. The molecule has 0 saturated heterocycles. The van der Waals surface area contributed by atoms with Gasteiger partial charge in [-0.05, 0) is 42.7 Å². The van der Waals surface area contributed by atoms with Gasteiger partial charge in [0, 0.05) is 43.4 Å². The lowest BCUT2D eigenvalue weighted by atomic mass is 9.96. The molecule has 0 N–H and O–H groups in total. The molecule has 3 aromatic rings. The van der Waals surface area contributed by atoms with Crippen LogP contribution >= 0.6 is 0 Å². The fraction of sp³-hybridized carbons (Fsp3) is 0.393. The summed E-state index contributed by atoms with van der Waals surface area (Å²) < 4.78 is 12.7. The average molecular weight is 474 g/mol. The summed E-state index contributed by atoms with van der Waals surface area (Å²) in [6.07, 6.45) is 3.76. The summed E-state index contributed by atoms with van der Waals surface area (Å²) >= 11 is 0. The minimum absolute atomic E-state index is 0.0610. The van der Waals surface area contributed by atoms with E-state index in [-0.39, 0.29) is 18.0 Å². The lowest BCUT2D eigenvalue weighted by Gasteiger charge is -2.27. The predicted molar refractivity (Wildman–Crippen MR) is 132 cm³/mol. The van der Waals surface area contributed by atoms with Gasteiger partial charge in [0.2, 0.25) is 0 Å². The van der Waals surface area contributed by atoms with Crippen LogP contribution in [0, 0.1) is 0 Å². The van der Waals surface area contributed by atoms with Gasteiger partial charge >= 0.3 is 11.9 Å². The fourth-order valence-electron chi connectivity index (χ4n) is 4.98. The molecule has 2 aromatic carbocycles. The average Bonchev–Trinajstić information content (AvgIpc) is 3.46. The topological polar surface area (TPSA) is 73.7 Å². The zero-order valence-electron chi connectivity index (χ0n) is 20.5. The number of carbonyl (C=O) groups is 2. The minimum atomic E-state index is -0.246. The number of imidazole rings is 1. The number of cyclic esters (lactones) is 2. The third-order valence-electron chi connectivity index (χ3n) is 6.78. The maximum atomic E-state index is 12.0. The summed E-state index contributed by atoms with van der Waals surface area (Å²) in [5.41, 5.74) is 6.58. The smallest absolute Gasteiger partial charge is 0.338 e. The number of rotatable bonds is 4. The first-order valence-electron chi connectivity index (χ1n) is 12.4. The zero-order valence-corrected chi connectivity index (χ0v) is 20.5. The van der Waals surface area contributed by atoms with Gasteiger partial charge in [-0.1, -0.05) is 32.0 Å². The van der Waals surface area contributed by atoms with E-state index >= 15 is 0 Å². The zero-order chi connectivity index (χ0) is 24.5. The molecule has 6 rings (SSSR count). The van der Waals surface area contributed by atoms with Gasteiger partial charge in [-0.15, -0.1) is 0 Å². The standard InChI is InChI=1S/C26H25N3O4.C2H6/c1-16-10-19-11-17(2-4-21(19)26(31)33-16)6-7-28-8-9-29-13-23(27-24(29)14-28)18-3-5-22-20(12-18)15-32-25(22)30;1-2/h2-5,11-13,16H,6-10,14-15H2,1H3;1-2H3/t16-;/m0./s1. The van der Waals surface area contributed by atoms with Crippen LogP contribution in [-0.2, 0) is 42.0 Å². The number of fused-ring (bicyclic) bond motifs is 3. The van der Waals surface area contributed by atoms with Gasteiger partial charge in [0.15, 0.2) is 0 Å². The third-order valence-corrected chi connectivity index (χ3v) is 6.78. The summed E-state index contributed by atoms with van der Waals surface area (Å²) in [6, 6.07) is 11.9. The maximum absolute atomic E-state index is 12.0. The van der Waals surface area contributed by atoms with Crippen molar-refractivity contribution >= 4 is 11.9 Å². The van der Waals surface area contributed by atoms with Gasteiger partial charge in [0.1, 0.15) is 18.5 Å². The molecule has 1 atom stereocenters. The highest BCUT2D eigenvalue weighted by Gasteiger charge is 2.25. The highest BCUT2D eigenvalue weighted by molar-refractivity contribution is 5.94. The quantitative estimate of drug-likeness (QED) is 0.523. The van der Waals surface area contributed by atoms with Crippen LogP contribution in [0.1, 0.15) is 64.0 Å². The molecule has 0 saturated carbocycles. The molecule has 0 radical (unpaired) electrons. The van der Waals surface area contributed by atoms with Gasteiger partial charge in [0.05, 0.1) is 23.4 Å². The molecule has 0 aliphatic carbocycles. The first kappa shape index (κ1) is 23.3. The number of carbonyl (C=O) groups excluding carboxylic acids is 2. The Morgan fingerprint density at radius 2 is 1.80 bits per heavy atom. The lowest BCUT2D eigenvalue weighted by molar-refractivity contribution is 0.0301. The predicted octanol–water partition coefficient (Wildman–Crippen LogP) is 4.41. The first-order chi connectivity index (χ1) is 17.0. The highest BCUT2D eigenvalue weighted by Crippen LogP contribution is 2.28. The lowest BCUT2D eigenvalue weighted by Crippen LogP contribution is -2.35. The number of hydrogen-bond donors (Lipinski definition) is 0. The normalized spacial score (nSPS) is 18.5. The van der Waals surface area contributed by atoms with Crippen LogP contribution in [-0.4, -0.2) is 45.6 Å². The molecule has 3 aliphatic heterocycles. The van der Waals surface area contributed by atoms with Crippen molar-refractivity contribution in [1.82, 2.24) is 14.5 Å². The van der Waals surface area contributed by atoms with Crippen LogP contribution in [0.2, 0.25) is 0 Å². The number of nitrogens with zero attached hydrogens (tertiary/aromatic N) is 3. The summed E-state index contributed by atoms with van der Waals surface area (Å²) in [5, 5.41) is 0. The van der Waals surface area contributed by atoms with Crippen molar-refractivity contribution < 1.29 is 19.1 Å². The van der Waals surface area contributed by atoms with Crippen molar-refractivity contribution in [3.63, 3.8) is 0 Å². The van der Waals surface area contributed by atoms with Gasteiger partial charge in [0.25, 0.3) is 0 Å². The van der Waals surface area contributed by atoms with E-state index < -0.39 is 0 Å². The Morgan fingerprint density at radius 3 is 2.66 bits per heavy atom. The molecule has 7 nitrogen and oxygen atoms in total. The van der Waals surface area contributed by atoms with Crippen molar-refractivity contribution in [1.29, 1.82) is 0 Å². The van der Waals surface area contributed by atoms with Crippen LogP contribution in [0.5, 0.6) is 0 Å². The van der Waals surface area contributed by atoms with E-state index in [1.54, 1.807) is 0 Å². The Bertz CT molecular complexity index is 1280. The molecule has 0 amide bonds. The molecule has 0 bridgehead atoms. The summed E-state index contributed by atoms with van der Waals surface area (Å²) in [6.45, 7) is 9.91. The van der Waals surface area contributed by atoms with E-state index in [2.05, 4.69) is 21.7 Å². The fourth-order valence-corrected chi connectivity index (χ4v) is 4.98. The summed E-state index contributed by atoms with van der Waals surface area (Å²) in [4.78, 5) is 31.1. The van der Waals surface area contributed by atoms with E-state index in [4.69, 9.17) is 14.5 Å². The number of aromatic nitrogens is 2. The molecule has 3 aliphatic rings.